The van der Waals surface area contributed by atoms with Gasteiger partial charge in [0.15, 0.2) is 0 Å². The highest BCUT2D eigenvalue weighted by molar-refractivity contribution is 9.09. The molecule has 108 valence electrons. The molecular formula is C15H25BrO2Si. The highest BCUT2D eigenvalue weighted by Gasteiger charge is 2.35. The van der Waals surface area contributed by atoms with Crippen molar-refractivity contribution in [2.24, 2.45) is 0 Å². The summed E-state index contributed by atoms with van der Waals surface area (Å²) < 4.78 is 12.2. The summed E-state index contributed by atoms with van der Waals surface area (Å²) in [4.78, 5) is 0.854. The van der Waals surface area contributed by atoms with E-state index in [4.69, 9.17) is 8.85 Å². The van der Waals surface area contributed by atoms with E-state index in [2.05, 4.69) is 60.1 Å². The SMILES string of the molecule is CCCO[Si](CBr)(CCc1ccccc1)OCCC. The first-order valence-corrected chi connectivity index (χ1v) is 10.5. The summed E-state index contributed by atoms with van der Waals surface area (Å²) in [6.45, 7) is 5.89. The minimum Gasteiger partial charge on any atom is -0.394 e. The second-order valence-electron chi connectivity index (χ2n) is 4.73. The monoisotopic (exact) mass is 344 g/mol. The van der Waals surface area contributed by atoms with E-state index in [0.29, 0.717) is 0 Å². The Morgan fingerprint density at radius 2 is 1.58 bits per heavy atom. The van der Waals surface area contributed by atoms with Crippen LogP contribution in [0.4, 0.5) is 0 Å². The Morgan fingerprint density at radius 1 is 1.00 bits per heavy atom. The number of hydrogen-bond acceptors (Lipinski definition) is 2. The fourth-order valence-electron chi connectivity index (χ4n) is 1.89. The maximum atomic E-state index is 6.12. The van der Waals surface area contributed by atoms with Gasteiger partial charge in [-0.1, -0.05) is 60.1 Å². The Labute approximate surface area is 126 Å². The van der Waals surface area contributed by atoms with Crippen molar-refractivity contribution in [2.45, 2.75) is 39.2 Å². The minimum atomic E-state index is -2.08. The van der Waals surface area contributed by atoms with Gasteiger partial charge in [0.25, 0.3) is 0 Å². The van der Waals surface area contributed by atoms with Crippen molar-refractivity contribution in [3.63, 3.8) is 0 Å². The average molecular weight is 345 g/mol. The van der Waals surface area contributed by atoms with Crippen molar-refractivity contribution in [3.05, 3.63) is 35.9 Å². The zero-order valence-electron chi connectivity index (χ0n) is 12.0. The van der Waals surface area contributed by atoms with Gasteiger partial charge in [-0.3, -0.25) is 0 Å². The third-order valence-electron chi connectivity index (χ3n) is 2.98. The van der Waals surface area contributed by atoms with Gasteiger partial charge in [-0.25, -0.2) is 0 Å². The summed E-state index contributed by atoms with van der Waals surface area (Å²) >= 11 is 3.62. The van der Waals surface area contributed by atoms with Gasteiger partial charge < -0.3 is 8.85 Å². The predicted octanol–water partition coefficient (Wildman–Crippen LogP) is 4.46. The lowest BCUT2D eigenvalue weighted by molar-refractivity contribution is 0.172. The lowest BCUT2D eigenvalue weighted by Crippen LogP contribution is -2.45. The largest absolute Gasteiger partial charge is 0.394 e. The molecule has 0 fully saturated rings. The second kappa shape index (κ2) is 9.70. The summed E-state index contributed by atoms with van der Waals surface area (Å²) in [6.07, 6.45) is 3.12. The molecule has 19 heavy (non-hydrogen) atoms. The second-order valence-corrected chi connectivity index (χ2v) is 9.58. The van der Waals surface area contributed by atoms with E-state index >= 15 is 0 Å². The first-order valence-electron chi connectivity index (χ1n) is 7.14. The van der Waals surface area contributed by atoms with E-state index in [-0.39, 0.29) is 0 Å². The van der Waals surface area contributed by atoms with Crippen LogP contribution in [-0.4, -0.2) is 26.7 Å². The first-order chi connectivity index (χ1) is 9.26. The maximum Gasteiger partial charge on any atom is 0.349 e. The van der Waals surface area contributed by atoms with Gasteiger partial charge in [0.1, 0.15) is 0 Å². The molecule has 0 aliphatic carbocycles. The molecule has 0 N–H and O–H groups in total. The van der Waals surface area contributed by atoms with Crippen LogP contribution in [0.15, 0.2) is 30.3 Å². The normalized spacial score (nSPS) is 11.7. The lowest BCUT2D eigenvalue weighted by atomic mass is 10.2. The molecule has 1 rings (SSSR count). The van der Waals surface area contributed by atoms with Gasteiger partial charge in [0, 0.05) is 18.2 Å². The van der Waals surface area contributed by atoms with Gasteiger partial charge in [-0.15, -0.1) is 0 Å². The van der Waals surface area contributed by atoms with E-state index < -0.39 is 8.56 Å². The molecule has 0 spiro atoms. The van der Waals surface area contributed by atoms with Gasteiger partial charge in [-0.05, 0) is 30.9 Å². The predicted molar refractivity (Wildman–Crippen MR) is 87.0 cm³/mol. The highest BCUT2D eigenvalue weighted by atomic mass is 79.9. The summed E-state index contributed by atoms with van der Waals surface area (Å²) in [5.74, 6) is 0. The van der Waals surface area contributed by atoms with Gasteiger partial charge in [0.2, 0.25) is 0 Å². The molecule has 0 amide bonds. The van der Waals surface area contributed by atoms with Crippen LogP contribution in [0, 0.1) is 0 Å². The minimum absolute atomic E-state index is 0.802. The summed E-state index contributed by atoms with van der Waals surface area (Å²) in [7, 11) is -2.08. The maximum absolute atomic E-state index is 6.12. The van der Waals surface area contributed by atoms with Crippen LogP contribution in [0.25, 0.3) is 0 Å². The molecule has 0 unspecified atom stereocenters. The summed E-state index contributed by atoms with van der Waals surface area (Å²) in [5.41, 5.74) is 1.36. The molecule has 0 radical (unpaired) electrons. The molecule has 0 bridgehead atoms. The van der Waals surface area contributed by atoms with Crippen LogP contribution in [0.3, 0.4) is 0 Å². The standard InChI is InChI=1S/C15H25BrO2Si/c1-3-11-17-19(14-16,18-12-4-2)13-10-15-8-6-5-7-9-15/h5-9H,3-4,10-14H2,1-2H3. The van der Waals surface area contributed by atoms with Crippen molar-refractivity contribution >= 4 is 24.5 Å². The van der Waals surface area contributed by atoms with Crippen LogP contribution in [0.1, 0.15) is 32.3 Å². The molecule has 0 aromatic heterocycles. The van der Waals surface area contributed by atoms with E-state index in [0.717, 1.165) is 43.5 Å². The van der Waals surface area contributed by atoms with Crippen LogP contribution in [0.5, 0.6) is 0 Å². The van der Waals surface area contributed by atoms with Gasteiger partial charge in [0.05, 0.1) is 0 Å². The Balaban J connectivity index is 2.60. The molecule has 4 heteroatoms. The quantitative estimate of drug-likeness (QED) is 0.460. The molecule has 1 aromatic carbocycles. The number of alkyl halides is 1. The number of aryl methyl sites for hydroxylation is 1. The third kappa shape index (κ3) is 6.21. The van der Waals surface area contributed by atoms with E-state index in [1.807, 2.05) is 0 Å². The zero-order chi connectivity index (χ0) is 14.0. The zero-order valence-corrected chi connectivity index (χ0v) is 14.6. The Bertz CT molecular complexity index is 324. The molecule has 0 aliphatic rings. The van der Waals surface area contributed by atoms with Crippen molar-refractivity contribution in [2.75, 3.05) is 18.2 Å². The number of rotatable bonds is 10. The molecule has 0 saturated carbocycles. The topological polar surface area (TPSA) is 18.5 Å². The van der Waals surface area contributed by atoms with Crippen molar-refractivity contribution < 1.29 is 8.85 Å². The van der Waals surface area contributed by atoms with Gasteiger partial charge in [-0.2, -0.15) is 0 Å². The molecule has 0 atom stereocenters. The first kappa shape index (κ1) is 16.9. The molecule has 2 nitrogen and oxygen atoms in total. The summed E-state index contributed by atoms with van der Waals surface area (Å²) in [5, 5.41) is 0. The molecule has 0 aliphatic heterocycles. The van der Waals surface area contributed by atoms with Crippen LogP contribution < -0.4 is 0 Å². The molecule has 0 saturated heterocycles. The van der Waals surface area contributed by atoms with E-state index in [9.17, 15) is 0 Å². The molecular weight excluding hydrogens is 320 g/mol. The van der Waals surface area contributed by atoms with E-state index in [1.54, 1.807) is 0 Å². The molecule has 1 aromatic rings. The van der Waals surface area contributed by atoms with Crippen LogP contribution in [-0.2, 0) is 15.3 Å². The number of benzene rings is 1. The highest BCUT2D eigenvalue weighted by Crippen LogP contribution is 2.20. The molecule has 0 heterocycles. The number of hydrogen-bond donors (Lipinski definition) is 0. The van der Waals surface area contributed by atoms with Gasteiger partial charge >= 0.3 is 8.56 Å². The van der Waals surface area contributed by atoms with E-state index in [1.165, 1.54) is 5.56 Å². The van der Waals surface area contributed by atoms with Crippen molar-refractivity contribution in [1.82, 2.24) is 0 Å². The van der Waals surface area contributed by atoms with Crippen LogP contribution >= 0.6 is 15.9 Å². The fraction of sp³-hybridized carbons (Fsp3) is 0.600. The smallest absolute Gasteiger partial charge is 0.349 e. The van der Waals surface area contributed by atoms with Crippen molar-refractivity contribution in [1.29, 1.82) is 0 Å². The number of halogens is 1. The Morgan fingerprint density at radius 3 is 2.05 bits per heavy atom. The van der Waals surface area contributed by atoms with Crippen molar-refractivity contribution in [3.8, 4) is 0 Å². The fourth-order valence-corrected chi connectivity index (χ4v) is 6.18. The lowest BCUT2D eigenvalue weighted by Gasteiger charge is -2.29. The third-order valence-corrected chi connectivity index (χ3v) is 8.42. The average Bonchev–Trinajstić information content (AvgIpc) is 2.48. The van der Waals surface area contributed by atoms with Crippen LogP contribution in [0.2, 0.25) is 6.04 Å². The Hall–Kier alpha value is -0.163. The summed E-state index contributed by atoms with van der Waals surface area (Å²) in [6, 6.07) is 11.6. The Kier molecular flexibility index (Phi) is 8.62.